The van der Waals surface area contributed by atoms with Gasteiger partial charge in [-0.05, 0) is 41.5 Å². The molecule has 1 N–H and O–H groups in total. The van der Waals surface area contributed by atoms with Crippen LogP contribution in [0.1, 0.15) is 22.7 Å². The van der Waals surface area contributed by atoms with Crippen LogP contribution in [0.2, 0.25) is 0 Å². The Balaban J connectivity index is 1.91. The topological polar surface area (TPSA) is 89.0 Å². The third kappa shape index (κ3) is 4.03. The van der Waals surface area contributed by atoms with Crippen LogP contribution >= 0.6 is 0 Å². The zero-order chi connectivity index (χ0) is 23.5. The number of hydrogen-bond acceptors (Lipinski definition) is 6. The van der Waals surface area contributed by atoms with E-state index in [1.165, 1.54) is 49.6 Å². The maximum absolute atomic E-state index is 13.4. The van der Waals surface area contributed by atoms with Crippen LogP contribution in [0.15, 0.2) is 72.6 Å². The Bertz CT molecular complexity index is 1200. The molecule has 2 aromatic carbocycles. The van der Waals surface area contributed by atoms with Gasteiger partial charge in [-0.3, -0.25) is 14.6 Å². The molecule has 33 heavy (non-hydrogen) atoms. The fraction of sp³-hybridized carbons (Fsp3) is 0.160. The van der Waals surface area contributed by atoms with Gasteiger partial charge in [0.25, 0.3) is 11.7 Å². The van der Waals surface area contributed by atoms with E-state index in [9.17, 15) is 19.1 Å². The minimum Gasteiger partial charge on any atom is -0.506 e. The van der Waals surface area contributed by atoms with E-state index in [0.29, 0.717) is 11.1 Å². The van der Waals surface area contributed by atoms with E-state index in [2.05, 4.69) is 4.98 Å². The van der Waals surface area contributed by atoms with Gasteiger partial charge in [0.15, 0.2) is 0 Å². The van der Waals surface area contributed by atoms with Crippen molar-refractivity contribution in [1.82, 2.24) is 9.88 Å². The van der Waals surface area contributed by atoms with Crippen LogP contribution in [0.25, 0.3) is 5.76 Å². The summed E-state index contributed by atoms with van der Waals surface area (Å²) < 4.78 is 24.1. The lowest BCUT2D eigenvalue weighted by molar-refractivity contribution is -0.140. The highest BCUT2D eigenvalue weighted by Crippen LogP contribution is 2.43. The number of nitrogens with zero attached hydrogens (tertiary/aromatic N) is 2. The van der Waals surface area contributed by atoms with Crippen LogP contribution in [-0.4, -0.2) is 40.9 Å². The molecule has 1 aromatic heterocycles. The second kappa shape index (κ2) is 9.12. The molecule has 3 aromatic rings. The van der Waals surface area contributed by atoms with E-state index >= 15 is 0 Å². The molecule has 1 atom stereocenters. The van der Waals surface area contributed by atoms with Gasteiger partial charge in [-0.2, -0.15) is 0 Å². The molecule has 7 nitrogen and oxygen atoms in total. The first-order chi connectivity index (χ1) is 16.0. The summed E-state index contributed by atoms with van der Waals surface area (Å²) >= 11 is 0. The summed E-state index contributed by atoms with van der Waals surface area (Å²) in [6.07, 6.45) is 3.10. The third-order valence-corrected chi connectivity index (χ3v) is 5.47. The zero-order valence-electron chi connectivity index (χ0n) is 18.0. The molecule has 1 aliphatic heterocycles. The standard InChI is InChI=1S/C25H21FN2O5/c1-32-18-6-3-7-19(33-2)20(18)23(29)21-22(16-5-4-12-27-13-16)28(25(31)24(21)30)14-15-8-10-17(26)11-9-15/h3-13,22,29H,14H2,1-2H3/b23-21+. The SMILES string of the molecule is COc1cccc(OC)c1/C(O)=C1\C(=O)C(=O)N(Cc2ccc(F)cc2)C1c1cccnc1. The van der Waals surface area contributed by atoms with E-state index in [0.717, 1.165) is 0 Å². The number of likely N-dealkylation sites (tertiary alicyclic amines) is 1. The van der Waals surface area contributed by atoms with Crippen molar-refractivity contribution >= 4 is 17.4 Å². The molecule has 0 spiro atoms. The molecule has 1 saturated heterocycles. The number of ketones is 1. The van der Waals surface area contributed by atoms with Gasteiger partial charge < -0.3 is 19.5 Å². The Labute approximate surface area is 189 Å². The lowest BCUT2D eigenvalue weighted by atomic mass is 9.95. The first kappa shape index (κ1) is 22.0. The van der Waals surface area contributed by atoms with Gasteiger partial charge >= 0.3 is 0 Å². The minimum absolute atomic E-state index is 0.0320. The summed E-state index contributed by atoms with van der Waals surface area (Å²) in [6, 6.07) is 13.0. The number of aromatic nitrogens is 1. The molecular formula is C25H21FN2O5. The molecule has 0 bridgehead atoms. The summed E-state index contributed by atoms with van der Waals surface area (Å²) in [5.74, 6) is -1.91. The summed E-state index contributed by atoms with van der Waals surface area (Å²) in [6.45, 7) is 0.0320. The van der Waals surface area contributed by atoms with Gasteiger partial charge in [0, 0.05) is 18.9 Å². The first-order valence-corrected chi connectivity index (χ1v) is 10.1. The Morgan fingerprint density at radius 2 is 1.70 bits per heavy atom. The van der Waals surface area contributed by atoms with Crippen molar-refractivity contribution in [3.05, 3.63) is 95.1 Å². The predicted octanol–water partition coefficient (Wildman–Crippen LogP) is 3.86. The largest absolute Gasteiger partial charge is 0.506 e. The highest BCUT2D eigenvalue weighted by Gasteiger charge is 2.46. The van der Waals surface area contributed by atoms with E-state index < -0.39 is 29.3 Å². The van der Waals surface area contributed by atoms with Crippen LogP contribution < -0.4 is 9.47 Å². The number of rotatable bonds is 6. The number of pyridine rings is 1. The smallest absolute Gasteiger partial charge is 0.295 e. The normalized spacial score (nSPS) is 17.3. The lowest BCUT2D eigenvalue weighted by Gasteiger charge is -2.25. The molecule has 1 amide bonds. The number of methoxy groups -OCH3 is 2. The number of Topliss-reactive ketones (excluding diaryl/α,β-unsaturated/α-hetero) is 1. The summed E-state index contributed by atoms with van der Waals surface area (Å²) in [7, 11) is 2.86. The van der Waals surface area contributed by atoms with Crippen molar-refractivity contribution in [1.29, 1.82) is 0 Å². The highest BCUT2D eigenvalue weighted by molar-refractivity contribution is 6.46. The number of ether oxygens (including phenoxy) is 2. The number of hydrogen-bond donors (Lipinski definition) is 1. The molecule has 0 aliphatic carbocycles. The Morgan fingerprint density at radius 3 is 2.27 bits per heavy atom. The van der Waals surface area contributed by atoms with E-state index in [1.54, 1.807) is 36.5 Å². The second-order valence-corrected chi connectivity index (χ2v) is 7.38. The lowest BCUT2D eigenvalue weighted by Crippen LogP contribution is -2.29. The van der Waals surface area contributed by atoms with Crippen LogP contribution in [0.5, 0.6) is 11.5 Å². The molecule has 0 radical (unpaired) electrons. The van der Waals surface area contributed by atoms with Crippen LogP contribution in [-0.2, 0) is 16.1 Å². The van der Waals surface area contributed by atoms with Crippen LogP contribution in [0.4, 0.5) is 4.39 Å². The Morgan fingerprint density at radius 1 is 1.03 bits per heavy atom. The number of halogens is 1. The van der Waals surface area contributed by atoms with Gasteiger partial charge in [-0.25, -0.2) is 4.39 Å². The molecule has 8 heteroatoms. The molecule has 1 aliphatic rings. The summed E-state index contributed by atoms with van der Waals surface area (Å²) in [5, 5.41) is 11.3. The van der Waals surface area contributed by atoms with Gasteiger partial charge in [0.2, 0.25) is 0 Å². The Hall–Kier alpha value is -4.20. The van der Waals surface area contributed by atoms with Gasteiger partial charge in [0.1, 0.15) is 28.6 Å². The van der Waals surface area contributed by atoms with Gasteiger partial charge in [-0.1, -0.05) is 24.3 Å². The quantitative estimate of drug-likeness (QED) is 0.350. The van der Waals surface area contributed by atoms with Crippen molar-refractivity contribution in [2.75, 3.05) is 14.2 Å². The number of benzene rings is 2. The van der Waals surface area contributed by atoms with Crippen molar-refractivity contribution < 1.29 is 28.6 Å². The van der Waals surface area contributed by atoms with Crippen LogP contribution in [0.3, 0.4) is 0 Å². The average molecular weight is 448 g/mol. The van der Waals surface area contributed by atoms with Crippen molar-refractivity contribution in [2.45, 2.75) is 12.6 Å². The predicted molar refractivity (Wildman–Crippen MR) is 118 cm³/mol. The van der Waals surface area contributed by atoms with Crippen molar-refractivity contribution in [2.24, 2.45) is 0 Å². The number of carbonyl (C=O) groups is 2. The summed E-state index contributed by atoms with van der Waals surface area (Å²) in [4.78, 5) is 31.7. The number of aliphatic hydroxyl groups excluding tert-OH is 1. The van der Waals surface area contributed by atoms with Crippen LogP contribution in [0, 0.1) is 5.82 Å². The van der Waals surface area contributed by atoms with Crippen molar-refractivity contribution in [3.63, 3.8) is 0 Å². The Kier molecular flexibility index (Phi) is 6.08. The van der Waals surface area contributed by atoms with Gasteiger partial charge in [-0.15, -0.1) is 0 Å². The average Bonchev–Trinajstić information content (AvgIpc) is 3.09. The molecule has 1 fully saturated rings. The maximum atomic E-state index is 13.4. The minimum atomic E-state index is -0.918. The maximum Gasteiger partial charge on any atom is 0.295 e. The summed E-state index contributed by atoms with van der Waals surface area (Å²) in [5.41, 5.74) is 1.21. The number of aliphatic hydroxyl groups is 1. The zero-order valence-corrected chi connectivity index (χ0v) is 18.0. The highest BCUT2D eigenvalue weighted by atomic mass is 19.1. The first-order valence-electron chi connectivity index (χ1n) is 10.1. The molecule has 168 valence electrons. The van der Waals surface area contributed by atoms with E-state index in [4.69, 9.17) is 9.47 Å². The monoisotopic (exact) mass is 448 g/mol. The second-order valence-electron chi connectivity index (χ2n) is 7.38. The number of carbonyl (C=O) groups excluding carboxylic acids is 2. The molecule has 1 unspecified atom stereocenters. The third-order valence-electron chi connectivity index (χ3n) is 5.47. The fourth-order valence-corrected chi connectivity index (χ4v) is 3.93. The van der Waals surface area contributed by atoms with Crippen molar-refractivity contribution in [3.8, 4) is 11.5 Å². The molecule has 0 saturated carbocycles. The molecule has 2 heterocycles. The molecular weight excluding hydrogens is 427 g/mol. The van der Waals surface area contributed by atoms with E-state index in [-0.39, 0.29) is 29.2 Å². The molecule has 4 rings (SSSR count). The fourth-order valence-electron chi connectivity index (χ4n) is 3.93. The number of amides is 1. The van der Waals surface area contributed by atoms with E-state index in [1.807, 2.05) is 0 Å². The van der Waals surface area contributed by atoms with Gasteiger partial charge in [0.05, 0.1) is 25.8 Å².